The Morgan fingerprint density at radius 2 is 0.629 bits per heavy atom. The van der Waals surface area contributed by atoms with Gasteiger partial charge in [-0.2, -0.15) is 0 Å². The van der Waals surface area contributed by atoms with Gasteiger partial charge in [-0.3, -0.25) is 0 Å². The highest BCUT2D eigenvalue weighted by Gasteiger charge is 2.21. The molecule has 0 bridgehead atoms. The molecule has 0 N–H and O–H groups in total. The molecule has 0 aliphatic carbocycles. The summed E-state index contributed by atoms with van der Waals surface area (Å²) in [6.45, 7) is 0. The summed E-state index contributed by atoms with van der Waals surface area (Å²) in [6.07, 6.45) is 0. The Balaban J connectivity index is 2.00. The van der Waals surface area contributed by atoms with E-state index in [0.717, 1.165) is 16.7 Å². The lowest BCUT2D eigenvalue weighted by Crippen LogP contribution is -2.51. The molecule has 0 saturated heterocycles. The zero-order valence-electron chi connectivity index (χ0n) is 18.9. The SMILES string of the molecule is [B]c1c([B])c([B])c2c(-c3ccc(-c4ccccc4)cc3)c3c([B])c([B])c([B])c([B])c3c([B])c2c1[B]. The summed E-state index contributed by atoms with van der Waals surface area (Å²) < 4.78 is 0. The molecule has 0 aliphatic rings. The molecule has 0 saturated carbocycles. The molecule has 35 heavy (non-hydrogen) atoms. The predicted octanol–water partition coefficient (Wildman–Crippen LogP) is -3.53. The third kappa shape index (κ3) is 3.50. The maximum Gasteiger partial charge on any atom is 0.115 e. The minimum atomic E-state index is 0.140. The Hall–Kier alpha value is -2.80. The van der Waals surface area contributed by atoms with Gasteiger partial charge < -0.3 is 0 Å². The number of benzene rings is 5. The first-order valence-corrected chi connectivity index (χ1v) is 10.8. The van der Waals surface area contributed by atoms with Crippen molar-refractivity contribution in [1.29, 1.82) is 0 Å². The average Bonchev–Trinajstić information content (AvgIpc) is 2.88. The summed E-state index contributed by atoms with van der Waals surface area (Å²) in [6, 6.07) is 17.9. The quantitative estimate of drug-likeness (QED) is 0.206. The van der Waals surface area contributed by atoms with Crippen molar-refractivity contribution in [2.45, 2.75) is 0 Å². The number of fused-ring (bicyclic) bond motifs is 2. The van der Waals surface area contributed by atoms with Crippen LogP contribution in [0.25, 0.3) is 43.8 Å². The van der Waals surface area contributed by atoms with Gasteiger partial charge in [0, 0.05) is 0 Å². The van der Waals surface area contributed by atoms with Gasteiger partial charge in [-0.15, -0.1) is 21.9 Å². The van der Waals surface area contributed by atoms with Crippen LogP contribution in [0.1, 0.15) is 0 Å². The van der Waals surface area contributed by atoms with Gasteiger partial charge in [0.1, 0.15) is 70.6 Å². The topological polar surface area (TPSA) is 0 Å². The molecular formula is C26H9B9. The highest BCUT2D eigenvalue weighted by atomic mass is 14.2. The fraction of sp³-hybridized carbons (Fsp3) is 0. The van der Waals surface area contributed by atoms with Gasteiger partial charge in [0.15, 0.2) is 0 Å². The van der Waals surface area contributed by atoms with Crippen molar-refractivity contribution in [3.05, 3.63) is 54.6 Å². The highest BCUT2D eigenvalue weighted by molar-refractivity contribution is 6.73. The fourth-order valence-electron chi connectivity index (χ4n) is 4.74. The van der Waals surface area contributed by atoms with Gasteiger partial charge in [0.05, 0.1) is 0 Å². The summed E-state index contributed by atoms with van der Waals surface area (Å²) in [5.41, 5.74) is 5.22. The van der Waals surface area contributed by atoms with Crippen molar-refractivity contribution >= 4 is 141 Å². The summed E-state index contributed by atoms with van der Waals surface area (Å²) in [5, 5.41) is 1.89. The molecule has 0 unspecified atom stereocenters. The van der Waals surface area contributed by atoms with Gasteiger partial charge in [-0.1, -0.05) is 81.9 Å². The normalized spacial score (nSPS) is 11.3. The lowest BCUT2D eigenvalue weighted by molar-refractivity contribution is 1.62. The Bertz CT molecular complexity index is 1580. The Morgan fingerprint density at radius 3 is 1.06 bits per heavy atom. The second-order valence-electron chi connectivity index (χ2n) is 8.54. The maximum atomic E-state index is 6.62. The molecule has 5 aromatic carbocycles. The third-order valence-electron chi connectivity index (χ3n) is 6.64. The van der Waals surface area contributed by atoms with Crippen LogP contribution in [-0.4, -0.2) is 70.6 Å². The van der Waals surface area contributed by atoms with Crippen LogP contribution in [0, 0.1) is 0 Å². The number of hydrogen-bond donors (Lipinski definition) is 0. The predicted molar refractivity (Wildman–Crippen MR) is 161 cm³/mol. The largest absolute Gasteiger partial charge is 0.115 e. The van der Waals surface area contributed by atoms with Crippen LogP contribution in [0.3, 0.4) is 0 Å². The van der Waals surface area contributed by atoms with Crippen molar-refractivity contribution < 1.29 is 0 Å². The highest BCUT2D eigenvalue weighted by Crippen LogP contribution is 2.33. The second kappa shape index (κ2) is 8.70. The molecule has 0 fully saturated rings. The molecule has 0 aromatic heterocycles. The lowest BCUT2D eigenvalue weighted by atomic mass is 9.58. The molecule has 0 spiro atoms. The summed E-state index contributed by atoms with van der Waals surface area (Å²) >= 11 is 0. The van der Waals surface area contributed by atoms with Crippen molar-refractivity contribution in [1.82, 2.24) is 0 Å². The van der Waals surface area contributed by atoms with Crippen molar-refractivity contribution in [3.8, 4) is 22.3 Å². The minimum absolute atomic E-state index is 0.140. The van der Waals surface area contributed by atoms with E-state index in [1.807, 2.05) is 54.6 Å². The van der Waals surface area contributed by atoms with Crippen LogP contribution in [0.2, 0.25) is 0 Å². The number of hydrogen-bond acceptors (Lipinski definition) is 0. The molecule has 0 atom stereocenters. The van der Waals surface area contributed by atoms with Crippen LogP contribution in [0.15, 0.2) is 54.6 Å². The molecule has 5 aromatic rings. The first-order chi connectivity index (χ1) is 16.6. The molecule has 9 heteroatoms. The smallest absolute Gasteiger partial charge is 0.110 e. The van der Waals surface area contributed by atoms with E-state index >= 15 is 0 Å². The minimum Gasteiger partial charge on any atom is -0.110 e. The molecule has 140 valence electrons. The molecule has 18 radical (unpaired) electrons. The van der Waals surface area contributed by atoms with Crippen molar-refractivity contribution in [3.63, 3.8) is 0 Å². The Morgan fingerprint density at radius 1 is 0.286 bits per heavy atom. The first-order valence-electron chi connectivity index (χ1n) is 10.8. The molecule has 0 heterocycles. The zero-order valence-corrected chi connectivity index (χ0v) is 18.9. The molecule has 0 aliphatic heterocycles. The lowest BCUT2D eigenvalue weighted by Gasteiger charge is -2.27. The summed E-state index contributed by atoms with van der Waals surface area (Å²) in [7, 11) is 57.3. The van der Waals surface area contributed by atoms with Crippen LogP contribution < -0.4 is 49.2 Å². The average molecular weight is 419 g/mol. The monoisotopic (exact) mass is 420 g/mol. The maximum absolute atomic E-state index is 6.62. The summed E-state index contributed by atoms with van der Waals surface area (Å²) in [5.74, 6) is 0. The standard InChI is InChI=1S/C26H9B9/c27-18-16-14(19(28)23(32)25(34)21(16)30)13(15-17(18)22(31)26(35)24(33)20(15)29)12-8-6-11(7-9-12)10-4-2-1-3-5-10/h1-9H. The molecule has 5 rings (SSSR count). The van der Waals surface area contributed by atoms with E-state index in [4.69, 9.17) is 70.6 Å². The molecular weight excluding hydrogens is 410 g/mol. The number of rotatable bonds is 2. The molecule has 0 amide bonds. The van der Waals surface area contributed by atoms with Gasteiger partial charge >= 0.3 is 0 Å². The van der Waals surface area contributed by atoms with E-state index < -0.39 is 0 Å². The first kappa shape index (κ1) is 23.9. The van der Waals surface area contributed by atoms with Crippen LogP contribution in [0.5, 0.6) is 0 Å². The zero-order chi connectivity index (χ0) is 25.2. The van der Waals surface area contributed by atoms with Crippen molar-refractivity contribution in [2.24, 2.45) is 0 Å². The van der Waals surface area contributed by atoms with E-state index in [1.165, 1.54) is 0 Å². The van der Waals surface area contributed by atoms with Gasteiger partial charge in [0.25, 0.3) is 0 Å². The second-order valence-corrected chi connectivity index (χ2v) is 8.54. The van der Waals surface area contributed by atoms with E-state index in [0.29, 0.717) is 27.1 Å². The van der Waals surface area contributed by atoms with Crippen LogP contribution >= 0.6 is 0 Å². The van der Waals surface area contributed by atoms with E-state index in [9.17, 15) is 0 Å². The summed E-state index contributed by atoms with van der Waals surface area (Å²) in [4.78, 5) is 0. The fourth-order valence-corrected chi connectivity index (χ4v) is 4.74. The van der Waals surface area contributed by atoms with E-state index in [-0.39, 0.29) is 49.2 Å². The van der Waals surface area contributed by atoms with Crippen LogP contribution in [-0.2, 0) is 0 Å². The van der Waals surface area contributed by atoms with Gasteiger partial charge in [-0.25, -0.2) is 0 Å². The Kier molecular flexibility index (Phi) is 5.95. The van der Waals surface area contributed by atoms with E-state index in [1.54, 1.807) is 0 Å². The van der Waals surface area contributed by atoms with Crippen LogP contribution in [0.4, 0.5) is 0 Å². The third-order valence-corrected chi connectivity index (χ3v) is 6.64. The van der Waals surface area contributed by atoms with Gasteiger partial charge in [0.2, 0.25) is 0 Å². The van der Waals surface area contributed by atoms with Gasteiger partial charge in [-0.05, 0) is 43.8 Å². The van der Waals surface area contributed by atoms with Crippen molar-refractivity contribution in [2.75, 3.05) is 0 Å². The van der Waals surface area contributed by atoms with E-state index in [2.05, 4.69) is 0 Å². The Labute approximate surface area is 217 Å². The molecule has 0 nitrogen and oxygen atoms in total.